The average Bonchev–Trinajstić information content (AvgIpc) is 3.25. The number of nitrogens with one attached hydrogen (secondary N) is 5. The summed E-state index contributed by atoms with van der Waals surface area (Å²) in [6.45, 7) is 1.50. The van der Waals surface area contributed by atoms with Crippen LogP contribution >= 0.6 is 0 Å². The molecule has 23 heteroatoms. The first-order valence-electron chi connectivity index (χ1n) is 17.2. The summed E-state index contributed by atoms with van der Waals surface area (Å²) in [5.74, 6) is -0.297. The molecule has 0 aliphatic carbocycles. The van der Waals surface area contributed by atoms with Gasteiger partial charge in [0.05, 0.1) is 29.4 Å². The molecule has 0 aromatic heterocycles. The number of carbonyl (C=O) groups is 3. The van der Waals surface area contributed by atoms with Crippen molar-refractivity contribution in [3.8, 4) is 0 Å². The fourth-order valence-corrected chi connectivity index (χ4v) is 4.01. The molecule has 4 aromatic rings. The lowest BCUT2D eigenvalue weighted by Gasteiger charge is -2.24. The molecule has 4 rings (SSSR count). The summed E-state index contributed by atoms with van der Waals surface area (Å²) in [7, 11) is 3.39. The van der Waals surface area contributed by atoms with Crippen LogP contribution in [0.3, 0.4) is 0 Å². The van der Waals surface area contributed by atoms with Crippen LogP contribution in [-0.4, -0.2) is 94.1 Å². The van der Waals surface area contributed by atoms with E-state index < -0.39 is 25.8 Å². The molecule has 0 fully saturated rings. The van der Waals surface area contributed by atoms with Gasteiger partial charge in [0.25, 0.3) is 0 Å². The molecule has 7 N–H and O–H groups in total. The Morgan fingerprint density at radius 3 is 1.51 bits per heavy atom. The number of amides is 3. The van der Waals surface area contributed by atoms with E-state index >= 15 is 0 Å². The third-order valence-electron chi connectivity index (χ3n) is 6.54. The fourth-order valence-electron chi connectivity index (χ4n) is 4.01. The molecule has 61 heavy (non-hydrogen) atoms. The first kappa shape index (κ1) is 50.8. The van der Waals surface area contributed by atoms with E-state index in [9.17, 15) is 33.6 Å². The first-order chi connectivity index (χ1) is 29.6. The van der Waals surface area contributed by atoms with Crippen LogP contribution in [0.2, 0.25) is 6.82 Å². The third kappa shape index (κ3) is 22.9. The van der Waals surface area contributed by atoms with Gasteiger partial charge in [-0.15, -0.1) is 0 Å². The number of hydrogen-bond donors (Lipinski definition) is 7. The van der Waals surface area contributed by atoms with Crippen LogP contribution in [-0.2, 0) is 38.2 Å². The summed E-state index contributed by atoms with van der Waals surface area (Å²) in [6.07, 6.45) is 3.79. The topological polar surface area (TPSA) is 300 Å². The van der Waals surface area contributed by atoms with Crippen LogP contribution in [0.15, 0.2) is 117 Å². The number of carbonyl (C=O) groups excluding carboxylic acids is 7. The van der Waals surface area contributed by atoms with Crippen molar-refractivity contribution in [1.29, 1.82) is 0 Å². The number of benzene rings is 4. The molecule has 0 aliphatic rings. The zero-order chi connectivity index (χ0) is 45.1. The van der Waals surface area contributed by atoms with Crippen molar-refractivity contribution in [3.63, 3.8) is 0 Å². The van der Waals surface area contributed by atoms with Crippen molar-refractivity contribution in [2.75, 3.05) is 55.0 Å². The molecule has 0 bridgehead atoms. The zero-order valence-electron chi connectivity index (χ0n) is 32.9. The third-order valence-corrected chi connectivity index (χ3v) is 6.54. The Hall–Kier alpha value is -8.25. The van der Waals surface area contributed by atoms with Gasteiger partial charge in [0.2, 0.25) is 37.0 Å². The predicted octanol–water partition coefficient (Wildman–Crippen LogP) is 4.70. The highest BCUT2D eigenvalue weighted by atomic mass is 16.7. The smallest absolute Gasteiger partial charge is 0.412 e. The number of ether oxygens (including phenoxy) is 2. The molecular weight excluding hydrogens is 799 g/mol. The second-order valence-corrected chi connectivity index (χ2v) is 10.6. The Morgan fingerprint density at radius 2 is 1.10 bits per heavy atom. The van der Waals surface area contributed by atoms with E-state index in [0.29, 0.717) is 17.1 Å². The quantitative estimate of drug-likeness (QED) is 0.0264. The van der Waals surface area contributed by atoms with Gasteiger partial charge in [-0.2, -0.15) is 20.0 Å². The summed E-state index contributed by atoms with van der Waals surface area (Å²) >= 11 is 0. The summed E-state index contributed by atoms with van der Waals surface area (Å²) in [5, 5.41) is 29.3. The molecule has 0 aliphatic heterocycles. The number of anilines is 6. The highest BCUT2D eigenvalue weighted by Gasteiger charge is 2.10. The molecule has 3 amide bonds. The summed E-state index contributed by atoms with van der Waals surface area (Å²) in [5.41, 5.74) is 5.82. The van der Waals surface area contributed by atoms with E-state index in [1.54, 1.807) is 84.7 Å². The lowest BCUT2D eigenvalue weighted by Crippen LogP contribution is -2.36. The zero-order valence-corrected chi connectivity index (χ0v) is 32.9. The summed E-state index contributed by atoms with van der Waals surface area (Å²) in [6, 6.07) is 28.6. The van der Waals surface area contributed by atoms with Gasteiger partial charge in [0.1, 0.15) is 6.79 Å². The van der Waals surface area contributed by atoms with E-state index in [0.717, 1.165) is 28.4 Å². The van der Waals surface area contributed by atoms with Gasteiger partial charge in [-0.05, 0) is 97.1 Å². The number of aliphatic hydroxyl groups excluding tert-OH is 1. The minimum atomic E-state index is -0.829. The Labute approximate surface area is 349 Å². The van der Waals surface area contributed by atoms with Gasteiger partial charge >= 0.3 is 19.7 Å². The molecule has 0 unspecified atom stereocenters. The predicted molar refractivity (Wildman–Crippen MR) is 223 cm³/mol. The van der Waals surface area contributed by atoms with Crippen molar-refractivity contribution in [2.24, 2.45) is 20.0 Å². The van der Waals surface area contributed by atoms with Crippen LogP contribution in [0.1, 0.15) is 6.92 Å². The maximum absolute atomic E-state index is 11.7. The maximum Gasteiger partial charge on any atom is 0.414 e. The SMILES string of the molecule is CNc1ccc(Nc2ccc(NC(=O)OCOC(=O)NCNC(C)=O)cc2)cc1.C[B]ON(c1ccc(N=C=O)cc1)c1ccc(N=C=O)cc1.O=C=NCN=C=O.OCO. The van der Waals surface area contributed by atoms with E-state index in [-0.39, 0.29) is 19.2 Å². The number of aliphatic imine (C=N–C) groups is 4. The fraction of sp³-hybridized carbons (Fsp3) is 0.184. The first-order valence-corrected chi connectivity index (χ1v) is 17.2. The van der Waals surface area contributed by atoms with Crippen LogP contribution in [0.4, 0.5) is 55.1 Å². The van der Waals surface area contributed by atoms with E-state index in [1.807, 2.05) is 31.3 Å². The number of alkyl carbamates (subject to hydrolysis) is 1. The highest BCUT2D eigenvalue weighted by Crippen LogP contribution is 2.29. The largest absolute Gasteiger partial charge is 0.414 e. The Morgan fingerprint density at radius 1 is 0.656 bits per heavy atom. The number of rotatable bonds is 16. The number of nitrogens with zero attached hydrogens (tertiary/aromatic N) is 5. The number of hydrogen-bond acceptors (Lipinski definition) is 19. The minimum absolute atomic E-state index is 0.0830. The lowest BCUT2D eigenvalue weighted by atomic mass is 10.1. The maximum atomic E-state index is 11.7. The molecule has 317 valence electrons. The van der Waals surface area contributed by atoms with Gasteiger partial charge < -0.3 is 45.7 Å². The van der Waals surface area contributed by atoms with Crippen molar-refractivity contribution >= 4 is 95.4 Å². The molecule has 0 spiro atoms. The van der Waals surface area contributed by atoms with Crippen LogP contribution in [0.5, 0.6) is 0 Å². The van der Waals surface area contributed by atoms with Gasteiger partial charge in [-0.25, -0.2) is 33.8 Å². The minimum Gasteiger partial charge on any atom is -0.412 e. The Balaban J connectivity index is 0.000000510. The van der Waals surface area contributed by atoms with Crippen LogP contribution in [0, 0.1) is 0 Å². The van der Waals surface area contributed by atoms with E-state index in [4.69, 9.17) is 19.7 Å². The second-order valence-electron chi connectivity index (χ2n) is 10.6. The monoisotopic (exact) mass is 839 g/mol. The molecule has 0 saturated carbocycles. The molecule has 4 aromatic carbocycles. The highest BCUT2D eigenvalue weighted by molar-refractivity contribution is 6.25. The van der Waals surface area contributed by atoms with Crippen molar-refractivity contribution in [2.45, 2.75) is 13.7 Å². The van der Waals surface area contributed by atoms with Gasteiger partial charge in [0.15, 0.2) is 6.67 Å². The van der Waals surface area contributed by atoms with E-state index in [2.05, 4.69) is 51.3 Å². The average molecular weight is 840 g/mol. The van der Waals surface area contributed by atoms with Crippen molar-refractivity contribution < 1.29 is 58.0 Å². The second kappa shape index (κ2) is 31.8. The van der Waals surface area contributed by atoms with Gasteiger partial charge in [-0.1, -0.05) is 6.82 Å². The summed E-state index contributed by atoms with van der Waals surface area (Å²) < 4.78 is 14.9. The summed E-state index contributed by atoms with van der Waals surface area (Å²) in [4.78, 5) is 85.4. The molecule has 0 saturated heterocycles. The lowest BCUT2D eigenvalue weighted by molar-refractivity contribution is -0.119. The molecule has 0 heterocycles. The number of isocyanates is 4. The number of aliphatic hydroxyl groups is 2. The van der Waals surface area contributed by atoms with Crippen LogP contribution < -0.4 is 31.6 Å². The normalized spacial score (nSPS) is 8.93. The Kier molecular flexibility index (Phi) is 26.5. The molecule has 0 atom stereocenters. The molecule has 1 radical (unpaired) electrons. The van der Waals surface area contributed by atoms with Crippen LogP contribution in [0.25, 0.3) is 0 Å². The van der Waals surface area contributed by atoms with E-state index in [1.165, 1.54) is 38.7 Å². The Bertz CT molecular complexity index is 2040. The molecular formula is C38H40BN10O12. The van der Waals surface area contributed by atoms with Crippen molar-refractivity contribution in [1.82, 2.24) is 10.6 Å². The van der Waals surface area contributed by atoms with Gasteiger partial charge in [-0.3, -0.25) is 10.1 Å². The standard InChI is InChI=1S/C19H23N5O5.C15H11BN3O3.C3H2N2O2.CH4O2/c1-13(25)21-11-22-18(26)28-12-29-19(27)24-17-9-7-16(8-10-17)23-15-5-3-14(20-2)4-6-15;1-16-22-19(14-6-2-12(3-7-14)17-10-20)15-8-4-13(5-9-15)18-11-21;6-2-4-1-5-3-7;2-1-3/h3-10,20,23H,11-12H2,1-2H3,(H,21,25)(H,22,26)(H,24,27);2-9H,1H3;1H2;2-3H,1H2. The van der Waals surface area contributed by atoms with Gasteiger partial charge in [0, 0.05) is 36.7 Å². The van der Waals surface area contributed by atoms with Crippen molar-refractivity contribution in [3.05, 3.63) is 97.1 Å². The molecule has 22 nitrogen and oxygen atoms in total.